The molecule has 0 atom stereocenters. The van der Waals surface area contributed by atoms with Crippen LogP contribution >= 0.6 is 0 Å². The Morgan fingerprint density at radius 3 is 1.03 bits per heavy atom. The van der Waals surface area contributed by atoms with Crippen LogP contribution in [0.5, 0.6) is 0 Å². The molecule has 0 unspecified atom stereocenters. The average Bonchev–Trinajstić information content (AvgIpc) is 2.80. The summed E-state index contributed by atoms with van der Waals surface area (Å²) in [7, 11) is 0. The maximum Gasteiger partial charge on any atom is 0.342 e. The van der Waals surface area contributed by atoms with E-state index in [-0.39, 0.29) is 0 Å². The van der Waals surface area contributed by atoms with Crippen molar-refractivity contribution in [2.75, 3.05) is 0 Å². The fourth-order valence-electron chi connectivity index (χ4n) is 4.53. The summed E-state index contributed by atoms with van der Waals surface area (Å²) >= 11 is 0. The van der Waals surface area contributed by atoms with Crippen LogP contribution in [0.3, 0.4) is 0 Å². The third-order valence-electron chi connectivity index (χ3n) is 7.15. The Kier molecular flexibility index (Phi) is 19.4. The van der Waals surface area contributed by atoms with Crippen molar-refractivity contribution in [3.63, 3.8) is 0 Å². The molecule has 2 N–H and O–H groups in total. The van der Waals surface area contributed by atoms with Crippen LogP contribution in [0.15, 0.2) is 0 Å². The third-order valence-corrected chi connectivity index (χ3v) is 7.15. The van der Waals surface area contributed by atoms with E-state index < -0.39 is 11.9 Å². The van der Waals surface area contributed by atoms with Crippen LogP contribution in [-0.2, 0) is 19.4 Å². The van der Waals surface area contributed by atoms with Crippen LogP contribution in [0.4, 0.5) is 0 Å². The molecule has 0 saturated carbocycles. The lowest BCUT2D eigenvalue weighted by atomic mass is 9.74. The maximum atomic E-state index is 10.8. The summed E-state index contributed by atoms with van der Waals surface area (Å²) in [5.74, 6) is -1.06. The molecule has 0 amide bonds. The van der Waals surface area contributed by atoms with Crippen LogP contribution in [0, 0.1) is 10.8 Å². The van der Waals surface area contributed by atoms with E-state index >= 15 is 0 Å². The van der Waals surface area contributed by atoms with E-state index in [1.165, 1.54) is 77.0 Å². The van der Waals surface area contributed by atoms with Crippen LogP contribution in [-0.4, -0.2) is 22.5 Å². The third kappa shape index (κ3) is 21.4. The van der Waals surface area contributed by atoms with Crippen molar-refractivity contribution in [1.29, 1.82) is 0 Å². The molecular formula is C28H54O6. The van der Waals surface area contributed by atoms with Gasteiger partial charge in [-0.25, -0.2) is 9.59 Å². The second kappa shape index (κ2) is 20.1. The molecule has 6 heteroatoms. The van der Waals surface area contributed by atoms with Gasteiger partial charge in [-0.1, -0.05) is 105 Å². The maximum absolute atomic E-state index is 10.8. The molecule has 0 aliphatic heterocycles. The van der Waals surface area contributed by atoms with Gasteiger partial charge in [0.15, 0.2) is 0 Å². The van der Waals surface area contributed by atoms with Crippen LogP contribution < -0.4 is 0 Å². The Morgan fingerprint density at radius 2 is 0.735 bits per heavy atom. The number of rotatable bonds is 23. The lowest BCUT2D eigenvalue weighted by Gasteiger charge is -2.31. The van der Waals surface area contributed by atoms with E-state index in [1.807, 2.05) is 0 Å². The van der Waals surface area contributed by atoms with Crippen molar-refractivity contribution in [3.05, 3.63) is 0 Å². The Balaban J connectivity index is 3.68. The summed E-state index contributed by atoms with van der Waals surface area (Å²) < 4.78 is 0. The van der Waals surface area contributed by atoms with Crippen molar-refractivity contribution in [2.45, 2.75) is 156 Å². The SMILES string of the molecule is CC(C)(CCCCCCCCCC(=O)OO)CCC(C)(C)CCCCCCCCCC(=O)OO. The second-order valence-electron chi connectivity index (χ2n) is 11.7. The highest BCUT2D eigenvalue weighted by Crippen LogP contribution is 2.37. The van der Waals surface area contributed by atoms with Gasteiger partial charge in [-0.05, 0) is 49.4 Å². The van der Waals surface area contributed by atoms with E-state index in [2.05, 4.69) is 37.5 Å². The Morgan fingerprint density at radius 1 is 0.471 bits per heavy atom. The van der Waals surface area contributed by atoms with Crippen LogP contribution in [0.2, 0.25) is 0 Å². The van der Waals surface area contributed by atoms with Gasteiger partial charge in [0, 0.05) is 12.8 Å². The molecule has 0 fully saturated rings. The van der Waals surface area contributed by atoms with Gasteiger partial charge in [0.1, 0.15) is 0 Å². The molecular weight excluding hydrogens is 432 g/mol. The molecule has 0 aromatic heterocycles. The summed E-state index contributed by atoms with van der Waals surface area (Å²) in [6.07, 6.45) is 21.9. The minimum atomic E-state index is -0.528. The predicted molar refractivity (Wildman–Crippen MR) is 137 cm³/mol. The number of hydrogen-bond acceptors (Lipinski definition) is 6. The fourth-order valence-corrected chi connectivity index (χ4v) is 4.53. The molecule has 0 rings (SSSR count). The normalized spacial score (nSPS) is 12.1. The first-order valence-corrected chi connectivity index (χ1v) is 13.8. The smallest absolute Gasteiger partial charge is 0.301 e. The topological polar surface area (TPSA) is 93.1 Å². The zero-order valence-electron chi connectivity index (χ0n) is 22.7. The Labute approximate surface area is 209 Å². The molecule has 0 heterocycles. The molecule has 202 valence electrons. The molecule has 34 heavy (non-hydrogen) atoms. The van der Waals surface area contributed by atoms with E-state index in [0.717, 1.165) is 38.5 Å². The van der Waals surface area contributed by atoms with Crippen molar-refractivity contribution < 1.29 is 29.9 Å². The monoisotopic (exact) mass is 486 g/mol. The number of unbranched alkanes of at least 4 members (excludes halogenated alkanes) is 12. The summed E-state index contributed by atoms with van der Waals surface area (Å²) in [5.41, 5.74) is 0.814. The summed E-state index contributed by atoms with van der Waals surface area (Å²) in [6, 6.07) is 0. The molecule has 0 bridgehead atoms. The lowest BCUT2D eigenvalue weighted by molar-refractivity contribution is -0.234. The zero-order chi connectivity index (χ0) is 25.7. The van der Waals surface area contributed by atoms with Gasteiger partial charge in [0.25, 0.3) is 0 Å². The predicted octanol–water partition coefficient (Wildman–Crippen LogP) is 8.87. The van der Waals surface area contributed by atoms with Gasteiger partial charge >= 0.3 is 11.9 Å². The van der Waals surface area contributed by atoms with Gasteiger partial charge < -0.3 is 9.78 Å². The van der Waals surface area contributed by atoms with Gasteiger partial charge in [-0.2, -0.15) is 10.5 Å². The fraction of sp³-hybridized carbons (Fsp3) is 0.929. The standard InChI is InChI=1S/C28H54O6/c1-27(2,21-17-13-9-5-7-11-15-19-25(29)33-31)23-24-28(3,4)22-18-14-10-6-8-12-16-20-26(30)34-32/h31-32H,5-24H2,1-4H3. The molecule has 0 aromatic rings. The molecule has 0 aliphatic carbocycles. The van der Waals surface area contributed by atoms with Crippen molar-refractivity contribution in [1.82, 2.24) is 0 Å². The van der Waals surface area contributed by atoms with Crippen molar-refractivity contribution in [2.24, 2.45) is 10.8 Å². The summed E-state index contributed by atoms with van der Waals surface area (Å²) in [4.78, 5) is 29.1. The second-order valence-corrected chi connectivity index (χ2v) is 11.7. The van der Waals surface area contributed by atoms with Gasteiger partial charge in [-0.3, -0.25) is 0 Å². The average molecular weight is 487 g/mol. The van der Waals surface area contributed by atoms with Gasteiger partial charge in [0.05, 0.1) is 0 Å². The highest BCUT2D eigenvalue weighted by molar-refractivity contribution is 5.68. The van der Waals surface area contributed by atoms with Crippen LogP contribution in [0.25, 0.3) is 0 Å². The first-order valence-electron chi connectivity index (χ1n) is 13.8. The molecule has 0 radical (unpaired) electrons. The van der Waals surface area contributed by atoms with Crippen LogP contribution in [0.1, 0.15) is 156 Å². The minimum absolute atomic E-state index is 0.314. The zero-order valence-corrected chi connectivity index (χ0v) is 22.7. The summed E-state index contributed by atoms with van der Waals surface area (Å²) in [6.45, 7) is 9.68. The van der Waals surface area contributed by atoms with Gasteiger partial charge in [-0.15, -0.1) is 0 Å². The lowest BCUT2D eigenvalue weighted by Crippen LogP contribution is -2.18. The molecule has 0 spiro atoms. The van der Waals surface area contributed by atoms with Crippen molar-refractivity contribution in [3.8, 4) is 0 Å². The number of carbonyl (C=O) groups excluding carboxylic acids is 2. The van der Waals surface area contributed by atoms with Gasteiger partial charge in [0.2, 0.25) is 0 Å². The highest BCUT2D eigenvalue weighted by Gasteiger charge is 2.23. The van der Waals surface area contributed by atoms with E-state index in [4.69, 9.17) is 10.5 Å². The molecule has 6 nitrogen and oxygen atoms in total. The first kappa shape index (κ1) is 32.9. The Bertz CT molecular complexity index is 469. The largest absolute Gasteiger partial charge is 0.342 e. The quantitative estimate of drug-likeness (QED) is 0.0851. The molecule has 0 saturated heterocycles. The summed E-state index contributed by atoms with van der Waals surface area (Å²) in [5, 5.41) is 16.4. The minimum Gasteiger partial charge on any atom is -0.301 e. The van der Waals surface area contributed by atoms with E-state index in [0.29, 0.717) is 23.7 Å². The molecule has 0 aromatic carbocycles. The van der Waals surface area contributed by atoms with E-state index in [9.17, 15) is 9.59 Å². The highest BCUT2D eigenvalue weighted by atomic mass is 17.1. The van der Waals surface area contributed by atoms with Crippen molar-refractivity contribution >= 4 is 11.9 Å². The number of hydrogen-bond donors (Lipinski definition) is 2. The Hall–Kier alpha value is -1.14. The molecule has 0 aliphatic rings. The van der Waals surface area contributed by atoms with E-state index in [1.54, 1.807) is 0 Å². The first-order chi connectivity index (χ1) is 16.1. The number of carbonyl (C=O) groups is 2.